The Bertz CT molecular complexity index is 745. The summed E-state index contributed by atoms with van der Waals surface area (Å²) in [6, 6.07) is 0. The molecule has 1 saturated heterocycles. The molecule has 3 aliphatic carbocycles. The van der Waals surface area contributed by atoms with Crippen LogP contribution in [0.5, 0.6) is 0 Å². The van der Waals surface area contributed by atoms with Crippen LogP contribution in [0.25, 0.3) is 0 Å². The Labute approximate surface area is 171 Å². The molecule has 5 rings (SSSR count). The summed E-state index contributed by atoms with van der Waals surface area (Å²) in [5.74, 6) is -0.775. The van der Waals surface area contributed by atoms with E-state index in [1.807, 2.05) is 13.8 Å². The van der Waals surface area contributed by atoms with E-state index >= 15 is 0 Å². The second kappa shape index (κ2) is 7.71. The molecule has 6 heteroatoms. The first kappa shape index (κ1) is 20.3. The lowest BCUT2D eigenvalue weighted by Gasteiger charge is -2.39. The van der Waals surface area contributed by atoms with Gasteiger partial charge in [-0.05, 0) is 36.5 Å². The zero-order chi connectivity index (χ0) is 20.9. The molecule has 2 heterocycles. The van der Waals surface area contributed by atoms with Crippen LogP contribution in [0.3, 0.4) is 0 Å². The van der Waals surface area contributed by atoms with E-state index < -0.39 is 18.2 Å². The Morgan fingerprint density at radius 1 is 1.17 bits per heavy atom. The fourth-order valence-corrected chi connectivity index (χ4v) is 5.56. The van der Waals surface area contributed by atoms with Crippen LogP contribution in [0, 0.1) is 35.5 Å². The topological polar surface area (TPSA) is 89.9 Å². The van der Waals surface area contributed by atoms with Gasteiger partial charge in [0.2, 0.25) is 0 Å². The van der Waals surface area contributed by atoms with E-state index in [1.165, 1.54) is 0 Å². The molecule has 1 saturated carbocycles. The van der Waals surface area contributed by atoms with Crippen LogP contribution in [0.4, 0.5) is 0 Å². The maximum absolute atomic E-state index is 12.6. The number of allylic oxidation sites excluding steroid dienone is 2. The number of fused-ring (bicyclic) bond motifs is 5. The van der Waals surface area contributed by atoms with Gasteiger partial charge in [0.05, 0.1) is 17.6 Å². The first-order chi connectivity index (χ1) is 13.7. The molecule has 0 aromatic carbocycles. The number of carbonyl (C=O) groups is 3. The number of hydrogen-bond donors (Lipinski definition) is 1. The fourth-order valence-electron chi connectivity index (χ4n) is 5.56. The van der Waals surface area contributed by atoms with Gasteiger partial charge in [-0.25, -0.2) is 4.79 Å². The molecule has 0 unspecified atom stereocenters. The van der Waals surface area contributed by atoms with Crippen molar-refractivity contribution in [2.75, 3.05) is 0 Å². The Morgan fingerprint density at radius 2 is 1.93 bits per heavy atom. The second-order valence-corrected chi connectivity index (χ2v) is 9.50. The number of carbonyl (C=O) groups excluding carboxylic acids is 3. The van der Waals surface area contributed by atoms with Gasteiger partial charge >= 0.3 is 11.9 Å². The van der Waals surface area contributed by atoms with E-state index in [0.29, 0.717) is 12.8 Å². The third-order valence-electron chi connectivity index (χ3n) is 7.02. The van der Waals surface area contributed by atoms with E-state index in [9.17, 15) is 19.5 Å². The summed E-state index contributed by atoms with van der Waals surface area (Å²) in [6.45, 7) is 5.74. The highest BCUT2D eigenvalue weighted by Crippen LogP contribution is 2.50. The van der Waals surface area contributed by atoms with Crippen LogP contribution in [0.1, 0.15) is 46.5 Å². The summed E-state index contributed by atoms with van der Waals surface area (Å²) in [7, 11) is 0. The van der Waals surface area contributed by atoms with Gasteiger partial charge in [0.15, 0.2) is 5.78 Å². The number of aliphatic hydroxyl groups excluding tert-OH is 1. The van der Waals surface area contributed by atoms with Crippen LogP contribution in [0.15, 0.2) is 23.8 Å². The third-order valence-corrected chi connectivity index (χ3v) is 7.02. The van der Waals surface area contributed by atoms with E-state index in [2.05, 4.69) is 19.1 Å². The van der Waals surface area contributed by atoms with Gasteiger partial charge in [-0.1, -0.05) is 39.0 Å². The van der Waals surface area contributed by atoms with E-state index in [0.717, 1.165) is 6.42 Å². The zero-order valence-electron chi connectivity index (χ0n) is 17.2. The number of rotatable bonds is 2. The molecule has 2 bridgehead atoms. The Hall–Kier alpha value is -1.95. The summed E-state index contributed by atoms with van der Waals surface area (Å²) < 4.78 is 11.2. The highest BCUT2D eigenvalue weighted by Gasteiger charge is 2.49. The van der Waals surface area contributed by atoms with Crippen LogP contribution < -0.4 is 0 Å². The van der Waals surface area contributed by atoms with Gasteiger partial charge < -0.3 is 14.6 Å². The van der Waals surface area contributed by atoms with Crippen LogP contribution in [-0.2, 0) is 23.9 Å². The molecule has 1 N–H and O–H groups in total. The summed E-state index contributed by atoms with van der Waals surface area (Å²) in [4.78, 5) is 37.3. The molecular formula is C23H30O6. The molecule has 0 spiro atoms. The number of hydrogen-bond acceptors (Lipinski definition) is 6. The van der Waals surface area contributed by atoms with Crippen molar-refractivity contribution in [1.82, 2.24) is 0 Å². The standard InChI is InChI=1S/C23H30O6/c1-11(2)22(26)29-21-12(3)6-18-16(21)5-4-13-7-14(24)8-15-9-20(25)19(10-17(13)18)23(27)28-15/h4-5,10-18,21,24H,6-9H2,1-3H3/t12-,13+,14+,15+,16-,17-,18-,21-/m1/s1. The van der Waals surface area contributed by atoms with Crippen molar-refractivity contribution in [1.29, 1.82) is 0 Å². The number of Topliss-reactive ketones (excluding diaryl/α,β-unsaturated/α-hetero) is 1. The lowest BCUT2D eigenvalue weighted by atomic mass is 9.68. The first-order valence-corrected chi connectivity index (χ1v) is 10.8. The SMILES string of the molecule is CC(C)C(=O)O[C@H]1[C@@H]2C=C[C@H]3C[C@H](O)C[C@H]4CC(=O)C(=C[C@H]3[C@@H]2C[C@H]1C)C(=O)O4. The lowest BCUT2D eigenvalue weighted by molar-refractivity contribution is -0.156. The smallest absolute Gasteiger partial charge is 0.341 e. The van der Waals surface area contributed by atoms with Gasteiger partial charge in [0.25, 0.3) is 0 Å². The number of esters is 2. The van der Waals surface area contributed by atoms with Gasteiger partial charge in [0.1, 0.15) is 12.2 Å². The average Bonchev–Trinajstić information content (AvgIpc) is 2.94. The molecule has 0 radical (unpaired) electrons. The molecular weight excluding hydrogens is 372 g/mol. The number of ether oxygens (including phenoxy) is 2. The van der Waals surface area contributed by atoms with Crippen molar-refractivity contribution in [3.8, 4) is 0 Å². The maximum Gasteiger partial charge on any atom is 0.341 e. The number of aliphatic hydroxyl groups is 1. The highest BCUT2D eigenvalue weighted by molar-refractivity contribution is 6.18. The molecule has 0 aromatic heterocycles. The molecule has 29 heavy (non-hydrogen) atoms. The molecule has 6 nitrogen and oxygen atoms in total. The highest BCUT2D eigenvalue weighted by atomic mass is 16.5. The van der Waals surface area contributed by atoms with Gasteiger partial charge in [0, 0.05) is 18.8 Å². The van der Waals surface area contributed by atoms with Crippen molar-refractivity contribution in [3.05, 3.63) is 23.8 Å². The minimum absolute atomic E-state index is 0.0467. The van der Waals surface area contributed by atoms with Gasteiger partial charge in [-0.3, -0.25) is 9.59 Å². The van der Waals surface area contributed by atoms with Crippen molar-refractivity contribution in [2.24, 2.45) is 35.5 Å². The van der Waals surface area contributed by atoms with Crippen molar-refractivity contribution in [3.63, 3.8) is 0 Å². The van der Waals surface area contributed by atoms with Gasteiger partial charge in [-0.15, -0.1) is 0 Å². The van der Waals surface area contributed by atoms with Crippen LogP contribution in [0.2, 0.25) is 0 Å². The molecule has 2 aliphatic heterocycles. The van der Waals surface area contributed by atoms with Crippen molar-refractivity contribution in [2.45, 2.75) is 64.8 Å². The van der Waals surface area contributed by atoms with Crippen LogP contribution in [-0.4, -0.2) is 41.1 Å². The van der Waals surface area contributed by atoms with E-state index in [1.54, 1.807) is 6.08 Å². The van der Waals surface area contributed by atoms with Crippen molar-refractivity contribution < 1.29 is 29.0 Å². The van der Waals surface area contributed by atoms with Crippen molar-refractivity contribution >= 4 is 17.7 Å². The first-order valence-electron chi connectivity index (χ1n) is 10.8. The summed E-state index contributed by atoms with van der Waals surface area (Å²) in [5, 5.41) is 10.6. The monoisotopic (exact) mass is 402 g/mol. The normalized spacial score (nSPS) is 41.5. The molecule has 158 valence electrons. The quantitative estimate of drug-likeness (QED) is 0.434. The van der Waals surface area contributed by atoms with Gasteiger partial charge in [-0.2, -0.15) is 0 Å². The van der Waals surface area contributed by atoms with Crippen LogP contribution >= 0.6 is 0 Å². The Balaban J connectivity index is 1.68. The number of ketones is 1. The predicted octanol–water partition coefficient (Wildman–Crippen LogP) is 2.59. The molecule has 0 aromatic rings. The maximum atomic E-state index is 12.6. The molecule has 0 amide bonds. The Kier molecular flexibility index (Phi) is 5.40. The molecule has 2 fully saturated rings. The average molecular weight is 402 g/mol. The summed E-state index contributed by atoms with van der Waals surface area (Å²) in [6.07, 6.45) is 6.49. The molecule has 8 atom stereocenters. The lowest BCUT2D eigenvalue weighted by Crippen LogP contribution is -2.40. The van der Waals surface area contributed by atoms with E-state index in [4.69, 9.17) is 9.47 Å². The predicted molar refractivity (Wildman–Crippen MR) is 104 cm³/mol. The summed E-state index contributed by atoms with van der Waals surface area (Å²) >= 11 is 0. The minimum Gasteiger partial charge on any atom is -0.461 e. The molecule has 5 aliphatic rings. The fraction of sp³-hybridized carbons (Fsp3) is 0.696. The largest absolute Gasteiger partial charge is 0.461 e. The Morgan fingerprint density at radius 3 is 2.62 bits per heavy atom. The summed E-state index contributed by atoms with van der Waals surface area (Å²) in [5.41, 5.74) is 0.150. The zero-order valence-corrected chi connectivity index (χ0v) is 17.2. The minimum atomic E-state index is -0.629. The third kappa shape index (κ3) is 3.79. The second-order valence-electron chi connectivity index (χ2n) is 9.50. The van der Waals surface area contributed by atoms with E-state index in [-0.39, 0.29) is 65.4 Å².